The maximum Gasteiger partial charge on any atom is 0.338 e. The molecule has 3 rings (SSSR count). The summed E-state index contributed by atoms with van der Waals surface area (Å²) < 4.78 is 11.6. The number of esters is 1. The fourth-order valence-electron chi connectivity index (χ4n) is 2.54. The SMILES string of the molecule is CCOC(=O)c1ccc(Cl)c(Oc2cc(Br)cnc2NC(=S)NC(=O)c2ccccc2)c1. The highest BCUT2D eigenvalue weighted by atomic mass is 79.9. The molecule has 2 N–H and O–H groups in total. The van der Waals surface area contributed by atoms with Crippen LogP contribution >= 0.6 is 39.7 Å². The summed E-state index contributed by atoms with van der Waals surface area (Å²) in [6.07, 6.45) is 1.54. The number of benzene rings is 2. The van der Waals surface area contributed by atoms with Crippen LogP contribution in [0.2, 0.25) is 5.02 Å². The van der Waals surface area contributed by atoms with Crippen LogP contribution in [0.3, 0.4) is 0 Å². The molecule has 0 aliphatic heterocycles. The van der Waals surface area contributed by atoms with Gasteiger partial charge in [-0.15, -0.1) is 0 Å². The van der Waals surface area contributed by atoms with E-state index in [0.717, 1.165) is 0 Å². The van der Waals surface area contributed by atoms with Gasteiger partial charge in [-0.05, 0) is 65.4 Å². The largest absolute Gasteiger partial charge is 0.462 e. The first-order chi connectivity index (χ1) is 15.4. The number of carbonyl (C=O) groups excluding carboxylic acids is 2. The van der Waals surface area contributed by atoms with Crippen molar-refractivity contribution in [2.45, 2.75) is 6.92 Å². The van der Waals surface area contributed by atoms with E-state index in [9.17, 15) is 9.59 Å². The van der Waals surface area contributed by atoms with Gasteiger partial charge in [-0.2, -0.15) is 0 Å². The summed E-state index contributed by atoms with van der Waals surface area (Å²) in [7, 11) is 0. The Morgan fingerprint density at radius 1 is 1.09 bits per heavy atom. The van der Waals surface area contributed by atoms with E-state index in [1.54, 1.807) is 43.3 Å². The summed E-state index contributed by atoms with van der Waals surface area (Å²) in [4.78, 5) is 28.6. The lowest BCUT2D eigenvalue weighted by atomic mass is 10.2. The Labute approximate surface area is 203 Å². The number of halogens is 2. The molecule has 0 aliphatic rings. The molecule has 0 saturated carbocycles. The second kappa shape index (κ2) is 11.0. The standard InChI is InChI=1S/C22H17BrClN3O4S/c1-2-30-21(29)14-8-9-16(24)17(10-14)31-18-11-15(23)12-25-19(18)26-22(32)27-20(28)13-6-4-3-5-7-13/h3-12H,2H2,1H3,(H2,25,26,27,28,32). The molecule has 2 aromatic carbocycles. The van der Waals surface area contributed by atoms with Crippen molar-refractivity contribution in [3.63, 3.8) is 0 Å². The third-order valence-corrected chi connectivity index (χ3v) is 4.93. The number of hydrogen-bond acceptors (Lipinski definition) is 6. The van der Waals surface area contributed by atoms with Gasteiger partial charge in [0.1, 0.15) is 5.75 Å². The van der Waals surface area contributed by atoms with E-state index in [-0.39, 0.29) is 45.5 Å². The number of nitrogens with zero attached hydrogens (tertiary/aromatic N) is 1. The Morgan fingerprint density at radius 2 is 1.84 bits per heavy atom. The molecule has 32 heavy (non-hydrogen) atoms. The van der Waals surface area contributed by atoms with Gasteiger partial charge in [-0.1, -0.05) is 29.8 Å². The van der Waals surface area contributed by atoms with Crippen LogP contribution < -0.4 is 15.4 Å². The lowest BCUT2D eigenvalue weighted by molar-refractivity contribution is 0.0526. The highest BCUT2D eigenvalue weighted by Gasteiger charge is 2.16. The van der Waals surface area contributed by atoms with Crippen LogP contribution in [0.15, 0.2) is 65.3 Å². The number of nitrogens with one attached hydrogen (secondary N) is 2. The van der Waals surface area contributed by atoms with Crippen molar-refractivity contribution in [3.05, 3.63) is 81.4 Å². The molecule has 0 atom stereocenters. The second-order valence-electron chi connectivity index (χ2n) is 6.24. The minimum atomic E-state index is -0.496. The Hall–Kier alpha value is -3.01. The van der Waals surface area contributed by atoms with Gasteiger partial charge in [0.2, 0.25) is 0 Å². The molecule has 7 nitrogen and oxygen atoms in total. The summed E-state index contributed by atoms with van der Waals surface area (Å²) >= 11 is 14.8. The predicted octanol–water partition coefficient (Wildman–Crippen LogP) is 5.59. The molecule has 164 valence electrons. The first-order valence-corrected chi connectivity index (χ1v) is 10.9. The molecule has 0 radical (unpaired) electrons. The molecule has 10 heteroatoms. The van der Waals surface area contributed by atoms with E-state index in [0.29, 0.717) is 10.0 Å². The van der Waals surface area contributed by atoms with Gasteiger partial charge in [0.25, 0.3) is 5.91 Å². The average molecular weight is 535 g/mol. The predicted molar refractivity (Wildman–Crippen MR) is 130 cm³/mol. The van der Waals surface area contributed by atoms with Crippen molar-refractivity contribution in [1.29, 1.82) is 0 Å². The molecule has 1 amide bonds. The number of aromatic nitrogens is 1. The molecular formula is C22H17BrClN3O4S. The summed E-state index contributed by atoms with van der Waals surface area (Å²) in [5.74, 6) is -0.139. The zero-order chi connectivity index (χ0) is 23.1. The third kappa shape index (κ3) is 6.25. The normalized spacial score (nSPS) is 10.2. The molecule has 0 bridgehead atoms. The molecule has 0 unspecified atom stereocenters. The van der Waals surface area contributed by atoms with Gasteiger partial charge in [-0.25, -0.2) is 9.78 Å². The van der Waals surface area contributed by atoms with Gasteiger partial charge in [0.15, 0.2) is 16.7 Å². The van der Waals surface area contributed by atoms with Crippen LogP contribution in [-0.2, 0) is 4.74 Å². The first kappa shape index (κ1) is 23.6. The van der Waals surface area contributed by atoms with Gasteiger partial charge in [-0.3, -0.25) is 10.1 Å². The van der Waals surface area contributed by atoms with Crippen molar-refractivity contribution in [2.75, 3.05) is 11.9 Å². The molecular weight excluding hydrogens is 518 g/mol. The molecule has 0 saturated heterocycles. The molecule has 3 aromatic rings. The number of hydrogen-bond donors (Lipinski definition) is 2. The van der Waals surface area contributed by atoms with Crippen molar-refractivity contribution in [1.82, 2.24) is 10.3 Å². The van der Waals surface area contributed by atoms with Crippen LogP contribution in [0.5, 0.6) is 11.5 Å². The molecule has 1 aromatic heterocycles. The van der Waals surface area contributed by atoms with E-state index in [4.69, 9.17) is 33.3 Å². The minimum Gasteiger partial charge on any atom is -0.462 e. The van der Waals surface area contributed by atoms with E-state index >= 15 is 0 Å². The quantitative estimate of drug-likeness (QED) is 0.315. The molecule has 0 fully saturated rings. The lowest BCUT2D eigenvalue weighted by Crippen LogP contribution is -2.34. The van der Waals surface area contributed by atoms with Gasteiger partial charge < -0.3 is 14.8 Å². The van der Waals surface area contributed by atoms with Crippen molar-refractivity contribution in [3.8, 4) is 11.5 Å². The Kier molecular flexibility index (Phi) is 8.15. The van der Waals surface area contributed by atoms with Crippen molar-refractivity contribution < 1.29 is 19.1 Å². The van der Waals surface area contributed by atoms with Crippen LogP contribution in [0.1, 0.15) is 27.6 Å². The van der Waals surface area contributed by atoms with E-state index in [2.05, 4.69) is 31.5 Å². The van der Waals surface area contributed by atoms with E-state index in [1.807, 2.05) is 6.07 Å². The Balaban J connectivity index is 1.80. The number of rotatable bonds is 6. The fourth-order valence-corrected chi connectivity index (χ4v) is 3.19. The number of ether oxygens (including phenoxy) is 2. The van der Waals surface area contributed by atoms with Gasteiger partial charge in [0, 0.05) is 22.3 Å². The topological polar surface area (TPSA) is 89.6 Å². The number of carbonyl (C=O) groups is 2. The van der Waals surface area contributed by atoms with Crippen LogP contribution in [0, 0.1) is 0 Å². The summed E-state index contributed by atoms with van der Waals surface area (Å²) in [6.45, 7) is 1.96. The van der Waals surface area contributed by atoms with Crippen LogP contribution in [-0.4, -0.2) is 28.6 Å². The van der Waals surface area contributed by atoms with E-state index < -0.39 is 5.97 Å². The number of thiocarbonyl (C=S) groups is 1. The van der Waals surface area contributed by atoms with Crippen molar-refractivity contribution >= 4 is 62.6 Å². The zero-order valence-corrected chi connectivity index (χ0v) is 19.9. The summed E-state index contributed by atoms with van der Waals surface area (Å²) in [5.41, 5.74) is 0.744. The highest BCUT2D eigenvalue weighted by molar-refractivity contribution is 9.10. The first-order valence-electron chi connectivity index (χ1n) is 9.35. The Bertz CT molecular complexity index is 1160. The Morgan fingerprint density at radius 3 is 2.56 bits per heavy atom. The maximum atomic E-state index is 12.3. The minimum absolute atomic E-state index is 0.0323. The molecule has 0 aliphatic carbocycles. The van der Waals surface area contributed by atoms with Crippen LogP contribution in [0.25, 0.3) is 0 Å². The van der Waals surface area contributed by atoms with Crippen LogP contribution in [0.4, 0.5) is 5.82 Å². The fraction of sp³-hybridized carbons (Fsp3) is 0.0909. The number of anilines is 1. The number of pyridine rings is 1. The molecule has 1 heterocycles. The maximum absolute atomic E-state index is 12.3. The smallest absolute Gasteiger partial charge is 0.338 e. The molecule has 0 spiro atoms. The lowest BCUT2D eigenvalue weighted by Gasteiger charge is -2.15. The third-order valence-electron chi connectivity index (χ3n) is 3.98. The van der Waals surface area contributed by atoms with Gasteiger partial charge >= 0.3 is 5.97 Å². The summed E-state index contributed by atoms with van der Waals surface area (Å²) in [6, 6.07) is 14.8. The average Bonchev–Trinajstić information content (AvgIpc) is 2.77. The van der Waals surface area contributed by atoms with Gasteiger partial charge in [0.05, 0.1) is 17.2 Å². The van der Waals surface area contributed by atoms with Crippen molar-refractivity contribution in [2.24, 2.45) is 0 Å². The summed E-state index contributed by atoms with van der Waals surface area (Å²) in [5, 5.41) is 5.74. The van der Waals surface area contributed by atoms with E-state index in [1.165, 1.54) is 18.3 Å². The highest BCUT2D eigenvalue weighted by Crippen LogP contribution is 2.35. The second-order valence-corrected chi connectivity index (χ2v) is 7.97. The zero-order valence-electron chi connectivity index (χ0n) is 16.7. The monoisotopic (exact) mass is 533 g/mol. The number of amides is 1.